The van der Waals surface area contributed by atoms with Gasteiger partial charge >= 0.3 is 0 Å². The molecular formula is C15H11BrF4O. The molecule has 0 spiro atoms. The lowest BCUT2D eigenvalue weighted by molar-refractivity contribution is 0.171. The van der Waals surface area contributed by atoms with Crippen LogP contribution in [0, 0.1) is 23.3 Å². The van der Waals surface area contributed by atoms with E-state index in [-0.39, 0.29) is 28.4 Å². The van der Waals surface area contributed by atoms with E-state index in [1.54, 1.807) is 0 Å². The van der Waals surface area contributed by atoms with Crippen LogP contribution < -0.4 is 0 Å². The molecule has 0 saturated heterocycles. The van der Waals surface area contributed by atoms with E-state index in [1.807, 2.05) is 0 Å². The van der Waals surface area contributed by atoms with Gasteiger partial charge in [0.2, 0.25) is 0 Å². The molecule has 0 radical (unpaired) electrons. The Labute approximate surface area is 127 Å². The van der Waals surface area contributed by atoms with Gasteiger partial charge in [-0.2, -0.15) is 0 Å². The molecule has 1 atom stereocenters. The summed E-state index contributed by atoms with van der Waals surface area (Å²) in [6, 6.07) is 5.86. The van der Waals surface area contributed by atoms with E-state index in [9.17, 15) is 22.7 Å². The molecule has 112 valence electrons. The van der Waals surface area contributed by atoms with Crippen LogP contribution in [-0.2, 0) is 12.8 Å². The fraction of sp³-hybridized carbons (Fsp3) is 0.200. The summed E-state index contributed by atoms with van der Waals surface area (Å²) in [6.45, 7) is 0. The predicted octanol–water partition coefficient (Wildman–Crippen LogP) is 4.15. The minimum absolute atomic E-state index is 0.0432. The van der Waals surface area contributed by atoms with Gasteiger partial charge in [-0.05, 0) is 39.7 Å². The van der Waals surface area contributed by atoms with E-state index in [1.165, 1.54) is 18.2 Å². The Bertz CT molecular complexity index is 660. The first kappa shape index (κ1) is 16.0. The molecule has 0 aliphatic heterocycles. The van der Waals surface area contributed by atoms with Crippen LogP contribution in [0.2, 0.25) is 0 Å². The maximum atomic E-state index is 13.8. The molecule has 2 aromatic rings. The van der Waals surface area contributed by atoms with Crippen molar-refractivity contribution >= 4 is 15.9 Å². The fourth-order valence-electron chi connectivity index (χ4n) is 2.02. The van der Waals surface area contributed by atoms with Crippen LogP contribution in [0.5, 0.6) is 0 Å². The number of hydrogen-bond donors (Lipinski definition) is 1. The minimum Gasteiger partial charge on any atom is -0.392 e. The lowest BCUT2D eigenvalue weighted by Crippen LogP contribution is -2.17. The van der Waals surface area contributed by atoms with Crippen molar-refractivity contribution < 1.29 is 22.7 Å². The first-order chi connectivity index (χ1) is 9.90. The first-order valence-corrected chi connectivity index (χ1v) is 6.92. The highest BCUT2D eigenvalue weighted by Gasteiger charge is 2.18. The maximum absolute atomic E-state index is 13.8. The monoisotopic (exact) mass is 362 g/mol. The Kier molecular flexibility index (Phi) is 5.00. The summed E-state index contributed by atoms with van der Waals surface area (Å²) in [6.07, 6.45) is -1.82. The molecule has 2 aromatic carbocycles. The lowest BCUT2D eigenvalue weighted by Gasteiger charge is -2.13. The third kappa shape index (κ3) is 3.63. The van der Waals surface area contributed by atoms with E-state index in [2.05, 4.69) is 15.9 Å². The quantitative estimate of drug-likeness (QED) is 0.639. The van der Waals surface area contributed by atoms with Crippen LogP contribution in [-0.4, -0.2) is 11.2 Å². The highest BCUT2D eigenvalue weighted by Crippen LogP contribution is 2.24. The Balaban J connectivity index is 2.18. The topological polar surface area (TPSA) is 20.2 Å². The highest BCUT2D eigenvalue weighted by atomic mass is 79.9. The van der Waals surface area contributed by atoms with Crippen molar-refractivity contribution in [3.05, 3.63) is 69.2 Å². The number of aliphatic hydroxyl groups is 1. The highest BCUT2D eigenvalue weighted by molar-refractivity contribution is 9.10. The smallest absolute Gasteiger partial charge is 0.162 e. The molecule has 1 N–H and O–H groups in total. The van der Waals surface area contributed by atoms with Crippen LogP contribution in [0.3, 0.4) is 0 Å². The van der Waals surface area contributed by atoms with Crippen molar-refractivity contribution in [1.29, 1.82) is 0 Å². The average molecular weight is 363 g/mol. The van der Waals surface area contributed by atoms with Crippen molar-refractivity contribution in [3.8, 4) is 0 Å². The van der Waals surface area contributed by atoms with Gasteiger partial charge < -0.3 is 5.11 Å². The molecule has 0 aromatic heterocycles. The maximum Gasteiger partial charge on any atom is 0.162 e. The third-order valence-electron chi connectivity index (χ3n) is 3.07. The van der Waals surface area contributed by atoms with Crippen molar-refractivity contribution in [1.82, 2.24) is 0 Å². The van der Waals surface area contributed by atoms with Crippen LogP contribution in [0.4, 0.5) is 17.6 Å². The number of aliphatic hydroxyl groups excluding tert-OH is 1. The molecule has 0 bridgehead atoms. The Morgan fingerprint density at radius 2 is 1.62 bits per heavy atom. The van der Waals surface area contributed by atoms with Crippen LogP contribution in [0.15, 0.2) is 34.8 Å². The van der Waals surface area contributed by atoms with E-state index >= 15 is 0 Å². The molecule has 0 fully saturated rings. The van der Waals surface area contributed by atoms with Gasteiger partial charge in [-0.3, -0.25) is 0 Å². The zero-order valence-corrected chi connectivity index (χ0v) is 12.3. The Hall–Kier alpha value is -1.40. The number of hydrogen-bond acceptors (Lipinski definition) is 1. The van der Waals surface area contributed by atoms with E-state index in [0.29, 0.717) is 0 Å². The zero-order valence-electron chi connectivity index (χ0n) is 10.7. The summed E-state index contributed by atoms with van der Waals surface area (Å²) in [5.41, 5.74) is -0.341. The van der Waals surface area contributed by atoms with Gasteiger partial charge in [-0.15, -0.1) is 0 Å². The Morgan fingerprint density at radius 3 is 2.33 bits per heavy atom. The Morgan fingerprint density at radius 1 is 0.905 bits per heavy atom. The molecule has 0 heterocycles. The fourth-order valence-corrected chi connectivity index (χ4v) is 2.40. The van der Waals surface area contributed by atoms with Crippen LogP contribution in [0.1, 0.15) is 11.1 Å². The zero-order chi connectivity index (χ0) is 15.6. The normalized spacial score (nSPS) is 12.5. The molecule has 2 rings (SSSR count). The molecule has 6 heteroatoms. The summed E-state index contributed by atoms with van der Waals surface area (Å²) in [5, 5.41) is 9.87. The van der Waals surface area contributed by atoms with Crippen LogP contribution >= 0.6 is 15.9 Å². The second-order valence-corrected chi connectivity index (χ2v) is 5.45. The van der Waals surface area contributed by atoms with Crippen molar-refractivity contribution in [2.24, 2.45) is 0 Å². The summed E-state index contributed by atoms with van der Waals surface area (Å²) in [4.78, 5) is 0. The van der Waals surface area contributed by atoms with Gasteiger partial charge in [0.1, 0.15) is 11.6 Å². The van der Waals surface area contributed by atoms with Gasteiger partial charge in [-0.1, -0.05) is 12.1 Å². The van der Waals surface area contributed by atoms with Gasteiger partial charge in [0.05, 0.1) is 10.6 Å². The lowest BCUT2D eigenvalue weighted by atomic mass is 10.00. The average Bonchev–Trinajstić information content (AvgIpc) is 2.44. The first-order valence-electron chi connectivity index (χ1n) is 6.13. The van der Waals surface area contributed by atoms with E-state index < -0.39 is 29.4 Å². The number of benzene rings is 2. The van der Waals surface area contributed by atoms with Crippen molar-refractivity contribution in [3.63, 3.8) is 0 Å². The van der Waals surface area contributed by atoms with Crippen molar-refractivity contribution in [2.45, 2.75) is 18.9 Å². The predicted molar refractivity (Wildman–Crippen MR) is 73.8 cm³/mol. The van der Waals surface area contributed by atoms with Gasteiger partial charge in [-0.25, -0.2) is 17.6 Å². The molecule has 0 amide bonds. The second kappa shape index (κ2) is 6.58. The molecule has 1 nitrogen and oxygen atoms in total. The number of halogens is 5. The summed E-state index contributed by atoms with van der Waals surface area (Å²) in [7, 11) is 0. The summed E-state index contributed by atoms with van der Waals surface area (Å²) >= 11 is 2.93. The SMILES string of the molecule is OC(Cc1cccc(F)c1F)Cc1c(F)ccc(Br)c1F. The molecule has 21 heavy (non-hydrogen) atoms. The van der Waals surface area contributed by atoms with Crippen molar-refractivity contribution in [2.75, 3.05) is 0 Å². The largest absolute Gasteiger partial charge is 0.392 e. The van der Waals surface area contributed by atoms with Gasteiger partial charge in [0, 0.05) is 18.4 Å². The molecule has 0 aliphatic carbocycles. The number of rotatable bonds is 4. The molecular weight excluding hydrogens is 352 g/mol. The standard InChI is InChI=1S/C15H11BrF4O/c16-11-4-5-12(17)10(15(11)20)7-9(21)6-8-2-1-3-13(18)14(8)19/h1-5,9,21H,6-7H2. The third-order valence-corrected chi connectivity index (χ3v) is 3.68. The van der Waals surface area contributed by atoms with Gasteiger partial charge in [0.25, 0.3) is 0 Å². The summed E-state index contributed by atoms with van der Waals surface area (Å²) < 4.78 is 53.9. The van der Waals surface area contributed by atoms with E-state index in [0.717, 1.165) is 12.1 Å². The van der Waals surface area contributed by atoms with Gasteiger partial charge in [0.15, 0.2) is 11.6 Å². The van der Waals surface area contributed by atoms with E-state index in [4.69, 9.17) is 0 Å². The minimum atomic E-state index is -1.24. The second-order valence-electron chi connectivity index (χ2n) is 4.60. The molecule has 0 aliphatic rings. The molecule has 1 unspecified atom stereocenters. The summed E-state index contributed by atoms with van der Waals surface area (Å²) in [5.74, 6) is -3.70. The van der Waals surface area contributed by atoms with Crippen LogP contribution in [0.25, 0.3) is 0 Å². The molecule has 0 saturated carbocycles.